The lowest BCUT2D eigenvalue weighted by Gasteiger charge is -2.40. The van der Waals surface area contributed by atoms with Crippen LogP contribution in [0.5, 0.6) is 0 Å². The third-order valence-corrected chi connectivity index (χ3v) is 11.0. The van der Waals surface area contributed by atoms with Crippen LogP contribution >= 0.6 is 0 Å². The second-order valence-corrected chi connectivity index (χ2v) is 16.0. The van der Waals surface area contributed by atoms with Crippen LogP contribution in [0.4, 0.5) is 4.79 Å². The van der Waals surface area contributed by atoms with Crippen LogP contribution in [0.1, 0.15) is 105 Å². The molecule has 0 radical (unpaired) electrons. The standard InChI is InChI=1S/C33H51N5O6/c1-31(2,3)26(36-30(44)37-33(13-7-6-8-14-33)16-22(39)19-11-12-19)29(43)38-17-20-23(32(20,4)5)24(38)28(42)35-21(15-18-9-10-18)25(40)27(34)41/h18-21,23-24,26H,6-17H2,1-5H3,(H2,34,41)(H,35,42)(H2,36,37,44)/t20?,21?,23-,24-,26+/m0/s1. The molecule has 5 rings (SSSR count). The number of likely N-dealkylation sites (tertiary alicyclic amines) is 1. The molecule has 44 heavy (non-hydrogen) atoms. The summed E-state index contributed by atoms with van der Waals surface area (Å²) in [6.45, 7) is 10.1. The minimum atomic E-state index is -1.09. The van der Waals surface area contributed by atoms with E-state index in [4.69, 9.17) is 5.73 Å². The molecule has 0 aromatic carbocycles. The van der Waals surface area contributed by atoms with Crippen molar-refractivity contribution in [3.63, 3.8) is 0 Å². The summed E-state index contributed by atoms with van der Waals surface area (Å²) in [4.78, 5) is 80.4. The van der Waals surface area contributed by atoms with Crippen molar-refractivity contribution in [2.75, 3.05) is 6.54 Å². The van der Waals surface area contributed by atoms with Crippen molar-refractivity contribution >= 4 is 35.3 Å². The third-order valence-electron chi connectivity index (χ3n) is 11.0. The molecule has 244 valence electrons. The molecule has 2 unspecified atom stereocenters. The van der Waals surface area contributed by atoms with Gasteiger partial charge in [0.05, 0.1) is 6.04 Å². The van der Waals surface area contributed by atoms with Gasteiger partial charge >= 0.3 is 6.03 Å². The zero-order valence-electron chi connectivity index (χ0n) is 27.0. The number of carbonyl (C=O) groups is 6. The lowest BCUT2D eigenvalue weighted by Crippen LogP contribution is -2.63. The van der Waals surface area contributed by atoms with Crippen LogP contribution in [0.2, 0.25) is 0 Å². The predicted molar refractivity (Wildman–Crippen MR) is 163 cm³/mol. The van der Waals surface area contributed by atoms with Crippen LogP contribution in [0, 0.1) is 34.5 Å². The summed E-state index contributed by atoms with van der Waals surface area (Å²) < 4.78 is 0. The van der Waals surface area contributed by atoms with Crippen LogP contribution < -0.4 is 21.7 Å². The van der Waals surface area contributed by atoms with Gasteiger partial charge in [0, 0.05) is 24.4 Å². The zero-order valence-corrected chi connectivity index (χ0v) is 27.0. The minimum absolute atomic E-state index is 0.101. The molecule has 5 N–H and O–H groups in total. The quantitative estimate of drug-likeness (QED) is 0.247. The Kier molecular flexibility index (Phi) is 8.65. The van der Waals surface area contributed by atoms with Gasteiger partial charge in [0.25, 0.3) is 5.91 Å². The average molecular weight is 614 g/mol. The molecule has 0 aromatic rings. The normalized spacial score (nSPS) is 28.2. The number of urea groups is 1. The fraction of sp³-hybridized carbons (Fsp3) is 0.818. The van der Waals surface area contributed by atoms with Gasteiger partial charge in [-0.15, -0.1) is 0 Å². The van der Waals surface area contributed by atoms with E-state index in [1.165, 1.54) is 0 Å². The number of Topliss-reactive ketones (excluding diaryl/α,β-unsaturated/α-hetero) is 2. The number of ketones is 2. The maximum Gasteiger partial charge on any atom is 0.315 e. The van der Waals surface area contributed by atoms with E-state index in [1.54, 1.807) is 4.90 Å². The van der Waals surface area contributed by atoms with Crippen LogP contribution in [0.3, 0.4) is 0 Å². The van der Waals surface area contributed by atoms with Crippen LogP contribution in [0.25, 0.3) is 0 Å². The first-order valence-electron chi connectivity index (χ1n) is 16.6. The zero-order chi connectivity index (χ0) is 32.2. The molecule has 11 nitrogen and oxygen atoms in total. The van der Waals surface area contributed by atoms with E-state index >= 15 is 0 Å². The van der Waals surface area contributed by atoms with E-state index in [-0.39, 0.29) is 40.8 Å². The largest absolute Gasteiger partial charge is 0.363 e. The number of hydrogen-bond acceptors (Lipinski definition) is 6. The summed E-state index contributed by atoms with van der Waals surface area (Å²) in [5, 5.41) is 8.86. The van der Waals surface area contributed by atoms with Gasteiger partial charge in [-0.2, -0.15) is 0 Å². The smallest absolute Gasteiger partial charge is 0.315 e. The Hall–Kier alpha value is -2.98. The van der Waals surface area contributed by atoms with Gasteiger partial charge < -0.3 is 26.6 Å². The summed E-state index contributed by atoms with van der Waals surface area (Å²) in [7, 11) is 0. The number of nitrogens with one attached hydrogen (secondary N) is 3. The Bertz CT molecular complexity index is 1210. The highest BCUT2D eigenvalue weighted by atomic mass is 16.2. The third kappa shape index (κ3) is 6.81. The fourth-order valence-corrected chi connectivity index (χ4v) is 7.84. The first-order chi connectivity index (χ1) is 20.5. The summed E-state index contributed by atoms with van der Waals surface area (Å²) in [6.07, 6.45) is 8.76. The topological polar surface area (TPSA) is 168 Å². The van der Waals surface area contributed by atoms with Crippen LogP contribution in [-0.2, 0) is 24.0 Å². The van der Waals surface area contributed by atoms with Crippen molar-refractivity contribution < 1.29 is 28.8 Å². The van der Waals surface area contributed by atoms with Gasteiger partial charge in [-0.25, -0.2) is 4.79 Å². The summed E-state index contributed by atoms with van der Waals surface area (Å²) in [6, 6.07) is -3.27. The van der Waals surface area contributed by atoms with Crippen molar-refractivity contribution in [1.29, 1.82) is 0 Å². The van der Waals surface area contributed by atoms with Crippen molar-refractivity contribution in [2.24, 2.45) is 40.2 Å². The predicted octanol–water partition coefficient (Wildman–Crippen LogP) is 2.59. The monoisotopic (exact) mass is 613 g/mol. The minimum Gasteiger partial charge on any atom is -0.363 e. The van der Waals surface area contributed by atoms with Crippen molar-refractivity contribution in [1.82, 2.24) is 20.9 Å². The van der Waals surface area contributed by atoms with E-state index < -0.39 is 52.7 Å². The SMILES string of the molecule is CC(C)(C)[C@H](NC(=O)NC1(CC(=O)C2CC2)CCCCC1)C(=O)N1CC2[C@@H]([C@H]1C(=O)NC(CC1CC1)C(=O)C(N)=O)C2(C)C. The molecule has 1 aliphatic heterocycles. The number of primary amides is 1. The van der Waals surface area contributed by atoms with Gasteiger partial charge in [0.2, 0.25) is 17.6 Å². The molecule has 5 fully saturated rings. The molecule has 5 amide bonds. The number of carbonyl (C=O) groups excluding carboxylic acids is 6. The molecule has 11 heteroatoms. The molecule has 1 heterocycles. The Morgan fingerprint density at radius 2 is 1.57 bits per heavy atom. The summed E-state index contributed by atoms with van der Waals surface area (Å²) >= 11 is 0. The van der Waals surface area contributed by atoms with Crippen molar-refractivity contribution in [3.05, 3.63) is 0 Å². The molecular weight excluding hydrogens is 562 g/mol. The maximum absolute atomic E-state index is 14.3. The van der Waals surface area contributed by atoms with E-state index in [1.807, 2.05) is 20.8 Å². The van der Waals surface area contributed by atoms with Crippen LogP contribution in [-0.4, -0.2) is 70.4 Å². The Labute approximate surface area is 260 Å². The molecule has 0 spiro atoms. The highest BCUT2D eigenvalue weighted by Gasteiger charge is 2.70. The van der Waals surface area contributed by atoms with E-state index in [0.29, 0.717) is 19.4 Å². The Balaban J connectivity index is 1.32. The lowest BCUT2D eigenvalue weighted by molar-refractivity contribution is -0.145. The van der Waals surface area contributed by atoms with Crippen LogP contribution in [0.15, 0.2) is 0 Å². The lowest BCUT2D eigenvalue weighted by atomic mass is 9.77. The van der Waals surface area contributed by atoms with Crippen molar-refractivity contribution in [3.8, 4) is 0 Å². The Morgan fingerprint density at radius 1 is 0.932 bits per heavy atom. The Morgan fingerprint density at radius 3 is 2.11 bits per heavy atom. The molecule has 4 saturated carbocycles. The number of rotatable bonds is 12. The van der Waals surface area contributed by atoms with Crippen molar-refractivity contribution in [2.45, 2.75) is 129 Å². The van der Waals surface area contributed by atoms with E-state index in [9.17, 15) is 28.8 Å². The molecule has 4 aliphatic carbocycles. The van der Waals surface area contributed by atoms with Gasteiger partial charge in [-0.1, -0.05) is 66.7 Å². The molecular formula is C33H51N5O6. The number of hydrogen-bond donors (Lipinski definition) is 4. The van der Waals surface area contributed by atoms with E-state index in [0.717, 1.165) is 57.8 Å². The molecule has 5 aliphatic rings. The number of fused-ring (bicyclic) bond motifs is 1. The molecule has 1 saturated heterocycles. The fourth-order valence-electron chi connectivity index (χ4n) is 7.84. The second-order valence-electron chi connectivity index (χ2n) is 16.0. The highest BCUT2D eigenvalue weighted by Crippen LogP contribution is 2.65. The summed E-state index contributed by atoms with van der Waals surface area (Å²) in [5.41, 5.74) is 3.84. The summed E-state index contributed by atoms with van der Waals surface area (Å²) in [5.74, 6) is -2.16. The number of nitrogens with zero attached hydrogens (tertiary/aromatic N) is 1. The maximum atomic E-state index is 14.3. The van der Waals surface area contributed by atoms with Gasteiger partial charge in [0.15, 0.2) is 0 Å². The highest BCUT2D eigenvalue weighted by molar-refractivity contribution is 6.37. The molecule has 5 atom stereocenters. The van der Waals surface area contributed by atoms with Gasteiger partial charge in [0.1, 0.15) is 17.9 Å². The first kappa shape index (κ1) is 32.4. The van der Waals surface area contributed by atoms with E-state index in [2.05, 4.69) is 29.8 Å². The average Bonchev–Trinajstić information content (AvgIpc) is 3.87. The number of amides is 5. The molecule has 0 aromatic heterocycles. The molecule has 0 bridgehead atoms. The number of piperidine rings is 1. The van der Waals surface area contributed by atoms with Gasteiger partial charge in [-0.05, 0) is 60.7 Å². The number of nitrogens with two attached hydrogens (primary N) is 1. The first-order valence-corrected chi connectivity index (χ1v) is 16.6. The second kappa shape index (κ2) is 11.7. The van der Waals surface area contributed by atoms with Gasteiger partial charge in [-0.3, -0.25) is 24.0 Å².